The van der Waals surface area contributed by atoms with Gasteiger partial charge in [-0.2, -0.15) is 4.31 Å². The van der Waals surface area contributed by atoms with Gasteiger partial charge < -0.3 is 5.32 Å². The molecule has 1 N–H and O–H groups in total. The number of fused-ring (bicyclic) bond motifs is 1. The van der Waals surface area contributed by atoms with Crippen LogP contribution in [0.2, 0.25) is 0 Å². The van der Waals surface area contributed by atoms with Gasteiger partial charge in [-0.1, -0.05) is 30.3 Å². The van der Waals surface area contributed by atoms with Crippen molar-refractivity contribution in [2.24, 2.45) is 5.92 Å². The van der Waals surface area contributed by atoms with E-state index in [0.29, 0.717) is 13.0 Å². The van der Waals surface area contributed by atoms with Crippen LogP contribution in [0.1, 0.15) is 12.8 Å². The molecule has 0 bridgehead atoms. The highest BCUT2D eigenvalue weighted by molar-refractivity contribution is 7.89. The van der Waals surface area contributed by atoms with Gasteiger partial charge in [0.15, 0.2) is 0 Å². The number of hydrogen-bond acceptors (Lipinski definition) is 3. The summed E-state index contributed by atoms with van der Waals surface area (Å²) in [7, 11) is -1.99. The summed E-state index contributed by atoms with van der Waals surface area (Å²) in [5.74, 6) is -0.368. The molecular weight excluding hydrogens is 312 g/mol. The number of rotatable bonds is 3. The Labute approximate surface area is 136 Å². The first-order chi connectivity index (χ1) is 11.0. The van der Waals surface area contributed by atoms with Crippen LogP contribution in [0.15, 0.2) is 47.4 Å². The van der Waals surface area contributed by atoms with Crippen molar-refractivity contribution in [3.8, 4) is 0 Å². The summed E-state index contributed by atoms with van der Waals surface area (Å²) in [6.45, 7) is 0.706. The average molecular weight is 332 g/mol. The second-order valence-corrected chi connectivity index (χ2v) is 7.76. The van der Waals surface area contributed by atoms with Crippen molar-refractivity contribution in [2.75, 3.05) is 20.1 Å². The second kappa shape index (κ2) is 6.29. The monoisotopic (exact) mass is 332 g/mol. The predicted molar refractivity (Wildman–Crippen MR) is 89.5 cm³/mol. The molecule has 1 heterocycles. The molecule has 1 aliphatic rings. The summed E-state index contributed by atoms with van der Waals surface area (Å²) in [6, 6.07) is 12.8. The van der Waals surface area contributed by atoms with E-state index in [1.807, 2.05) is 30.3 Å². The van der Waals surface area contributed by atoms with Crippen molar-refractivity contribution >= 4 is 26.7 Å². The first-order valence-electron chi connectivity index (χ1n) is 7.73. The molecule has 0 aromatic heterocycles. The molecule has 2 aromatic carbocycles. The fraction of sp³-hybridized carbons (Fsp3) is 0.353. The van der Waals surface area contributed by atoms with E-state index in [4.69, 9.17) is 0 Å². The minimum Gasteiger partial charge on any atom is -0.359 e. The molecule has 1 amide bonds. The summed E-state index contributed by atoms with van der Waals surface area (Å²) in [4.78, 5) is 12.1. The lowest BCUT2D eigenvalue weighted by Gasteiger charge is -2.31. The van der Waals surface area contributed by atoms with Crippen LogP contribution in [-0.2, 0) is 14.8 Å². The molecule has 122 valence electrons. The fourth-order valence-electron chi connectivity index (χ4n) is 3.06. The Balaban J connectivity index is 1.91. The molecule has 1 fully saturated rings. The van der Waals surface area contributed by atoms with Crippen LogP contribution in [-0.4, -0.2) is 38.8 Å². The number of sulfonamides is 1. The minimum atomic E-state index is -3.57. The Kier molecular flexibility index (Phi) is 4.37. The molecule has 1 aliphatic heterocycles. The topological polar surface area (TPSA) is 66.5 Å². The molecule has 23 heavy (non-hydrogen) atoms. The lowest BCUT2D eigenvalue weighted by molar-refractivity contribution is -0.125. The highest BCUT2D eigenvalue weighted by Crippen LogP contribution is 2.26. The minimum absolute atomic E-state index is 0.0941. The third kappa shape index (κ3) is 3.09. The van der Waals surface area contributed by atoms with Gasteiger partial charge in [-0.25, -0.2) is 8.42 Å². The van der Waals surface area contributed by atoms with Crippen molar-refractivity contribution in [3.05, 3.63) is 42.5 Å². The number of benzene rings is 2. The van der Waals surface area contributed by atoms with Crippen molar-refractivity contribution in [1.82, 2.24) is 9.62 Å². The zero-order valence-corrected chi connectivity index (χ0v) is 13.8. The first-order valence-corrected chi connectivity index (χ1v) is 9.17. The van der Waals surface area contributed by atoms with E-state index < -0.39 is 10.0 Å². The molecule has 2 aromatic rings. The maximum absolute atomic E-state index is 12.9. The van der Waals surface area contributed by atoms with E-state index >= 15 is 0 Å². The van der Waals surface area contributed by atoms with Crippen LogP contribution in [0, 0.1) is 5.92 Å². The molecule has 0 saturated carbocycles. The maximum atomic E-state index is 12.9. The number of amides is 1. The Morgan fingerprint density at radius 2 is 1.91 bits per heavy atom. The van der Waals surface area contributed by atoms with E-state index in [-0.39, 0.29) is 23.3 Å². The van der Waals surface area contributed by atoms with Crippen molar-refractivity contribution < 1.29 is 13.2 Å². The maximum Gasteiger partial charge on any atom is 0.243 e. The molecule has 3 rings (SSSR count). The third-order valence-corrected chi connectivity index (χ3v) is 6.22. The average Bonchev–Trinajstić information content (AvgIpc) is 2.60. The van der Waals surface area contributed by atoms with Gasteiger partial charge in [0, 0.05) is 20.1 Å². The van der Waals surface area contributed by atoms with Gasteiger partial charge >= 0.3 is 0 Å². The van der Waals surface area contributed by atoms with Crippen LogP contribution in [0.3, 0.4) is 0 Å². The molecule has 0 radical (unpaired) electrons. The Hall–Kier alpha value is -1.92. The predicted octanol–water partition coefficient (Wildman–Crippen LogP) is 1.99. The van der Waals surface area contributed by atoms with Crippen LogP contribution in [0.25, 0.3) is 10.8 Å². The van der Waals surface area contributed by atoms with Gasteiger partial charge in [0.1, 0.15) is 0 Å². The largest absolute Gasteiger partial charge is 0.359 e. The second-order valence-electron chi connectivity index (χ2n) is 5.83. The highest BCUT2D eigenvalue weighted by atomic mass is 32.2. The van der Waals surface area contributed by atoms with Crippen LogP contribution in [0.4, 0.5) is 0 Å². The number of carbonyl (C=O) groups is 1. The van der Waals surface area contributed by atoms with Gasteiger partial charge in [-0.05, 0) is 35.7 Å². The number of carbonyl (C=O) groups excluding carboxylic acids is 1. The van der Waals surface area contributed by atoms with Crippen molar-refractivity contribution in [3.63, 3.8) is 0 Å². The fourth-order valence-corrected chi connectivity index (χ4v) is 4.62. The van der Waals surface area contributed by atoms with E-state index in [0.717, 1.165) is 17.2 Å². The molecular formula is C17H20N2O3S. The summed E-state index contributed by atoms with van der Waals surface area (Å²) in [5, 5.41) is 4.51. The number of piperidine rings is 1. The molecule has 1 saturated heterocycles. The summed E-state index contributed by atoms with van der Waals surface area (Å²) in [6.07, 6.45) is 1.42. The Morgan fingerprint density at radius 3 is 2.65 bits per heavy atom. The quantitative estimate of drug-likeness (QED) is 0.935. The Morgan fingerprint density at radius 1 is 1.17 bits per heavy atom. The van der Waals surface area contributed by atoms with E-state index in [1.165, 1.54) is 4.31 Å². The number of hydrogen-bond donors (Lipinski definition) is 1. The zero-order valence-electron chi connectivity index (χ0n) is 13.0. The molecule has 5 nitrogen and oxygen atoms in total. The third-order valence-electron chi connectivity index (χ3n) is 4.36. The van der Waals surface area contributed by atoms with Crippen molar-refractivity contribution in [1.29, 1.82) is 0 Å². The SMILES string of the molecule is CNC(=O)[C@H]1CCCN(S(=O)(=O)c2ccc3ccccc3c2)C1. The van der Waals surface area contributed by atoms with Gasteiger partial charge in [0.05, 0.1) is 10.8 Å². The molecule has 0 spiro atoms. The normalized spacial score (nSPS) is 19.6. The summed E-state index contributed by atoms with van der Waals surface area (Å²) in [5.41, 5.74) is 0. The lowest BCUT2D eigenvalue weighted by Crippen LogP contribution is -2.44. The number of nitrogens with one attached hydrogen (secondary N) is 1. The standard InChI is InChI=1S/C17H20N2O3S/c1-18-17(20)15-7-4-10-19(12-15)23(21,22)16-9-8-13-5-2-3-6-14(13)11-16/h2-3,5-6,8-9,11,15H,4,7,10,12H2,1H3,(H,18,20)/t15-/m0/s1. The van der Waals surface area contributed by atoms with E-state index in [9.17, 15) is 13.2 Å². The molecule has 1 atom stereocenters. The zero-order chi connectivity index (χ0) is 16.4. The van der Waals surface area contributed by atoms with Gasteiger partial charge in [-0.3, -0.25) is 4.79 Å². The lowest BCUT2D eigenvalue weighted by atomic mass is 9.99. The van der Waals surface area contributed by atoms with E-state index in [2.05, 4.69) is 5.32 Å². The smallest absolute Gasteiger partial charge is 0.243 e. The summed E-state index contributed by atoms with van der Waals surface area (Å²) >= 11 is 0. The first kappa shape index (κ1) is 16.0. The highest BCUT2D eigenvalue weighted by Gasteiger charge is 2.32. The van der Waals surface area contributed by atoms with Crippen LogP contribution < -0.4 is 5.32 Å². The Bertz CT molecular complexity index is 833. The van der Waals surface area contributed by atoms with E-state index in [1.54, 1.807) is 19.2 Å². The van der Waals surface area contributed by atoms with Crippen LogP contribution >= 0.6 is 0 Å². The molecule has 0 unspecified atom stereocenters. The number of nitrogens with zero attached hydrogens (tertiary/aromatic N) is 1. The van der Waals surface area contributed by atoms with Crippen molar-refractivity contribution in [2.45, 2.75) is 17.7 Å². The molecule has 0 aliphatic carbocycles. The van der Waals surface area contributed by atoms with Gasteiger partial charge in [-0.15, -0.1) is 0 Å². The van der Waals surface area contributed by atoms with Gasteiger partial charge in [0.2, 0.25) is 15.9 Å². The summed E-state index contributed by atoms with van der Waals surface area (Å²) < 4.78 is 27.2. The molecule has 6 heteroatoms. The van der Waals surface area contributed by atoms with Crippen LogP contribution in [0.5, 0.6) is 0 Å². The van der Waals surface area contributed by atoms with Gasteiger partial charge in [0.25, 0.3) is 0 Å².